The molecule has 0 bridgehead atoms. The van der Waals surface area contributed by atoms with Crippen LogP contribution < -0.4 is 5.32 Å². The molecule has 3 aromatic carbocycles. The Labute approximate surface area is 196 Å². The standard InChI is InChI=1S/C27H22ClN3O2/c28-19-11-9-17(10-12-19)26-14-23(22-6-2-4-8-25(22)31-26)27(33)30-20(16-32)13-18-15-29-24-7-3-1-5-21(18)24/h1-12,14-15,20,29,32H,13,16H2,(H,30,33). The van der Waals surface area contributed by atoms with Crippen LogP contribution >= 0.6 is 11.6 Å². The number of fused-ring (bicyclic) bond motifs is 2. The number of halogens is 1. The predicted octanol–water partition coefficient (Wildman–Crippen LogP) is 5.37. The predicted molar refractivity (Wildman–Crippen MR) is 133 cm³/mol. The van der Waals surface area contributed by atoms with Crippen LogP contribution in [-0.4, -0.2) is 33.6 Å². The van der Waals surface area contributed by atoms with E-state index in [1.54, 1.807) is 18.2 Å². The first-order valence-corrected chi connectivity index (χ1v) is 11.1. The van der Waals surface area contributed by atoms with Crippen LogP contribution in [0.15, 0.2) is 85.1 Å². The Kier molecular flexibility index (Phi) is 5.82. The number of hydrogen-bond donors (Lipinski definition) is 3. The molecule has 0 spiro atoms. The average molecular weight is 456 g/mol. The van der Waals surface area contributed by atoms with Crippen LogP contribution in [0, 0.1) is 0 Å². The van der Waals surface area contributed by atoms with Gasteiger partial charge < -0.3 is 15.4 Å². The molecule has 0 saturated heterocycles. The molecule has 5 nitrogen and oxygen atoms in total. The summed E-state index contributed by atoms with van der Waals surface area (Å²) in [5.74, 6) is -0.247. The lowest BCUT2D eigenvalue weighted by molar-refractivity contribution is 0.0918. The highest BCUT2D eigenvalue weighted by Gasteiger charge is 2.19. The minimum absolute atomic E-state index is 0.168. The maximum absolute atomic E-state index is 13.4. The molecule has 6 heteroatoms. The molecule has 33 heavy (non-hydrogen) atoms. The normalized spacial score (nSPS) is 12.2. The van der Waals surface area contributed by atoms with E-state index >= 15 is 0 Å². The Hall–Kier alpha value is -3.67. The lowest BCUT2D eigenvalue weighted by atomic mass is 10.0. The van der Waals surface area contributed by atoms with Crippen LogP contribution in [0.5, 0.6) is 0 Å². The SMILES string of the molecule is O=C(NC(CO)Cc1c[nH]c2ccccc12)c1cc(-c2ccc(Cl)cc2)nc2ccccc12. The van der Waals surface area contributed by atoms with Crippen molar-refractivity contribution in [3.8, 4) is 11.3 Å². The Bertz CT molecular complexity index is 1440. The number of para-hydroxylation sites is 2. The van der Waals surface area contributed by atoms with E-state index in [0.29, 0.717) is 22.7 Å². The first-order chi connectivity index (χ1) is 16.1. The number of benzene rings is 3. The Morgan fingerprint density at radius 2 is 1.73 bits per heavy atom. The summed E-state index contributed by atoms with van der Waals surface area (Å²) < 4.78 is 0. The number of aromatic amines is 1. The van der Waals surface area contributed by atoms with Crippen molar-refractivity contribution in [2.24, 2.45) is 0 Å². The van der Waals surface area contributed by atoms with E-state index in [2.05, 4.69) is 10.3 Å². The Morgan fingerprint density at radius 1 is 1.00 bits per heavy atom. The zero-order valence-electron chi connectivity index (χ0n) is 17.8. The number of carbonyl (C=O) groups excluding carboxylic acids is 1. The molecule has 1 atom stereocenters. The second-order valence-corrected chi connectivity index (χ2v) is 8.43. The summed E-state index contributed by atoms with van der Waals surface area (Å²) in [5, 5.41) is 15.5. The van der Waals surface area contributed by atoms with E-state index in [4.69, 9.17) is 16.6 Å². The third-order valence-electron chi connectivity index (χ3n) is 5.80. The van der Waals surface area contributed by atoms with Crippen LogP contribution in [0.3, 0.4) is 0 Å². The monoisotopic (exact) mass is 455 g/mol. The number of aliphatic hydroxyl groups is 1. The highest BCUT2D eigenvalue weighted by atomic mass is 35.5. The number of hydrogen-bond acceptors (Lipinski definition) is 3. The summed E-state index contributed by atoms with van der Waals surface area (Å²) in [4.78, 5) is 21.4. The molecule has 0 aliphatic rings. The molecule has 5 rings (SSSR count). The van der Waals surface area contributed by atoms with Crippen LogP contribution in [0.4, 0.5) is 0 Å². The van der Waals surface area contributed by atoms with Gasteiger partial charge in [0.05, 0.1) is 29.4 Å². The van der Waals surface area contributed by atoms with Gasteiger partial charge in [0, 0.05) is 33.1 Å². The lowest BCUT2D eigenvalue weighted by Crippen LogP contribution is -2.39. The molecular weight excluding hydrogens is 434 g/mol. The van der Waals surface area contributed by atoms with Gasteiger partial charge >= 0.3 is 0 Å². The molecule has 5 aromatic rings. The van der Waals surface area contributed by atoms with Crippen LogP contribution in [0.25, 0.3) is 33.1 Å². The van der Waals surface area contributed by atoms with E-state index in [9.17, 15) is 9.90 Å². The van der Waals surface area contributed by atoms with Crippen molar-refractivity contribution in [1.29, 1.82) is 0 Å². The fraction of sp³-hybridized carbons (Fsp3) is 0.111. The number of H-pyrrole nitrogens is 1. The number of rotatable bonds is 6. The van der Waals surface area contributed by atoms with Gasteiger partial charge in [-0.25, -0.2) is 4.98 Å². The third kappa shape index (κ3) is 4.33. The van der Waals surface area contributed by atoms with E-state index in [1.165, 1.54) is 0 Å². The highest BCUT2D eigenvalue weighted by Crippen LogP contribution is 2.26. The number of pyridine rings is 1. The second kappa shape index (κ2) is 9.06. The van der Waals surface area contributed by atoms with Gasteiger partial charge in [0.2, 0.25) is 0 Å². The number of nitrogens with one attached hydrogen (secondary N) is 2. The molecule has 2 heterocycles. The first-order valence-electron chi connectivity index (χ1n) is 10.7. The van der Waals surface area contributed by atoms with Gasteiger partial charge in [-0.2, -0.15) is 0 Å². The molecule has 3 N–H and O–H groups in total. The van der Waals surface area contributed by atoms with Gasteiger partial charge in [-0.05, 0) is 42.3 Å². The zero-order valence-corrected chi connectivity index (χ0v) is 18.5. The molecule has 0 aliphatic heterocycles. The van der Waals surface area contributed by atoms with Gasteiger partial charge in [-0.3, -0.25) is 4.79 Å². The molecule has 0 aliphatic carbocycles. The quantitative estimate of drug-likeness (QED) is 0.322. The summed E-state index contributed by atoms with van der Waals surface area (Å²) in [6.07, 6.45) is 2.44. The smallest absolute Gasteiger partial charge is 0.252 e. The first kappa shape index (κ1) is 21.2. The molecule has 2 aromatic heterocycles. The summed E-state index contributed by atoms with van der Waals surface area (Å²) >= 11 is 6.03. The Balaban J connectivity index is 1.47. The van der Waals surface area contributed by atoms with Crippen molar-refractivity contribution in [2.45, 2.75) is 12.5 Å². The highest BCUT2D eigenvalue weighted by molar-refractivity contribution is 6.30. The molecule has 1 amide bonds. The molecule has 1 unspecified atom stereocenters. The number of nitrogens with zero attached hydrogens (tertiary/aromatic N) is 1. The molecule has 0 saturated carbocycles. The fourth-order valence-corrected chi connectivity index (χ4v) is 4.25. The zero-order chi connectivity index (χ0) is 22.8. The van der Waals surface area contributed by atoms with Crippen molar-refractivity contribution in [3.63, 3.8) is 0 Å². The van der Waals surface area contributed by atoms with Gasteiger partial charge in [-0.15, -0.1) is 0 Å². The third-order valence-corrected chi connectivity index (χ3v) is 6.05. The maximum atomic E-state index is 13.4. The summed E-state index contributed by atoms with van der Waals surface area (Å²) in [7, 11) is 0. The van der Waals surface area contributed by atoms with Crippen LogP contribution in [-0.2, 0) is 6.42 Å². The number of amides is 1. The molecule has 164 valence electrons. The molecule has 0 radical (unpaired) electrons. The van der Waals surface area contributed by atoms with Gasteiger partial charge in [-0.1, -0.05) is 60.1 Å². The van der Waals surface area contributed by atoms with E-state index in [1.807, 2.05) is 66.9 Å². The topological polar surface area (TPSA) is 78.0 Å². The average Bonchev–Trinajstić information content (AvgIpc) is 3.26. The molecular formula is C27H22ClN3O2. The van der Waals surface area contributed by atoms with Crippen molar-refractivity contribution in [2.75, 3.05) is 6.61 Å². The van der Waals surface area contributed by atoms with E-state index < -0.39 is 6.04 Å². The van der Waals surface area contributed by atoms with Gasteiger partial charge in [0.1, 0.15) is 0 Å². The van der Waals surface area contributed by atoms with Crippen molar-refractivity contribution in [1.82, 2.24) is 15.3 Å². The Morgan fingerprint density at radius 3 is 2.52 bits per heavy atom. The summed E-state index contributed by atoms with van der Waals surface area (Å²) in [6, 6.07) is 24.3. The number of aliphatic hydroxyl groups excluding tert-OH is 1. The number of aromatic nitrogens is 2. The van der Waals surface area contributed by atoms with E-state index in [0.717, 1.165) is 32.9 Å². The summed E-state index contributed by atoms with van der Waals surface area (Å²) in [6.45, 7) is -0.168. The largest absolute Gasteiger partial charge is 0.394 e. The van der Waals surface area contributed by atoms with E-state index in [-0.39, 0.29) is 12.5 Å². The second-order valence-electron chi connectivity index (χ2n) is 8.00. The maximum Gasteiger partial charge on any atom is 0.252 e. The van der Waals surface area contributed by atoms with Gasteiger partial charge in [0.15, 0.2) is 0 Å². The lowest BCUT2D eigenvalue weighted by Gasteiger charge is -2.17. The van der Waals surface area contributed by atoms with Crippen LogP contribution in [0.1, 0.15) is 15.9 Å². The van der Waals surface area contributed by atoms with Crippen molar-refractivity contribution in [3.05, 3.63) is 101 Å². The molecule has 0 fully saturated rings. The number of carbonyl (C=O) groups is 1. The van der Waals surface area contributed by atoms with Crippen molar-refractivity contribution < 1.29 is 9.90 Å². The van der Waals surface area contributed by atoms with Gasteiger partial charge in [0.25, 0.3) is 5.91 Å². The van der Waals surface area contributed by atoms with Crippen molar-refractivity contribution >= 4 is 39.3 Å². The minimum Gasteiger partial charge on any atom is -0.394 e. The minimum atomic E-state index is -0.428. The van der Waals surface area contributed by atoms with Crippen LogP contribution in [0.2, 0.25) is 5.02 Å². The fourth-order valence-electron chi connectivity index (χ4n) is 4.12. The summed E-state index contributed by atoms with van der Waals surface area (Å²) in [5.41, 5.74) is 4.88.